The van der Waals surface area contributed by atoms with Gasteiger partial charge in [-0.15, -0.1) is 5.10 Å². The van der Waals surface area contributed by atoms with Gasteiger partial charge in [0.15, 0.2) is 0 Å². The number of nitrogens with zero attached hydrogens (tertiary/aromatic N) is 4. The minimum atomic E-state index is -0.196. The highest BCUT2D eigenvalue weighted by Crippen LogP contribution is 2.13. The van der Waals surface area contributed by atoms with Crippen LogP contribution in [0.25, 0.3) is 0 Å². The Hall–Kier alpha value is -1.43. The molecule has 2 rings (SSSR count). The Morgan fingerprint density at radius 1 is 1.56 bits per heavy atom. The molecule has 100 valence electrons. The first kappa shape index (κ1) is 13.0. The number of rotatable bonds is 3. The van der Waals surface area contributed by atoms with Gasteiger partial charge in [-0.1, -0.05) is 0 Å². The van der Waals surface area contributed by atoms with Crippen molar-refractivity contribution in [2.75, 3.05) is 20.1 Å². The van der Waals surface area contributed by atoms with Crippen molar-refractivity contribution in [1.82, 2.24) is 25.0 Å². The van der Waals surface area contributed by atoms with Gasteiger partial charge in [-0.25, -0.2) is 9.67 Å². The molecular weight excluding hydrogens is 230 g/mol. The van der Waals surface area contributed by atoms with Crippen LogP contribution in [0.3, 0.4) is 0 Å². The lowest BCUT2D eigenvalue weighted by Crippen LogP contribution is -2.51. The van der Waals surface area contributed by atoms with Gasteiger partial charge in [0.25, 0.3) is 5.91 Å². The van der Waals surface area contributed by atoms with Crippen LogP contribution >= 0.6 is 0 Å². The Kier molecular flexibility index (Phi) is 3.38. The van der Waals surface area contributed by atoms with Crippen LogP contribution < -0.4 is 5.32 Å². The Labute approximate surface area is 107 Å². The van der Waals surface area contributed by atoms with E-state index in [1.807, 2.05) is 20.8 Å². The number of aromatic nitrogens is 3. The first-order valence-corrected chi connectivity index (χ1v) is 6.28. The van der Waals surface area contributed by atoms with Gasteiger partial charge in [0, 0.05) is 12.6 Å². The number of carbonyl (C=O) groups is 1. The van der Waals surface area contributed by atoms with E-state index in [-0.39, 0.29) is 17.3 Å². The molecule has 6 heteroatoms. The van der Waals surface area contributed by atoms with Crippen molar-refractivity contribution in [3.63, 3.8) is 0 Å². The second kappa shape index (κ2) is 4.68. The molecule has 1 amide bonds. The summed E-state index contributed by atoms with van der Waals surface area (Å²) in [6.45, 7) is 7.84. The summed E-state index contributed by atoms with van der Waals surface area (Å²) >= 11 is 0. The molecule has 18 heavy (non-hydrogen) atoms. The number of nitrogens with one attached hydrogen (secondary N) is 1. The lowest BCUT2D eigenvalue weighted by Gasteiger charge is -2.37. The molecule has 0 radical (unpaired) electrons. The van der Waals surface area contributed by atoms with Crippen molar-refractivity contribution in [2.24, 2.45) is 0 Å². The third-order valence-corrected chi connectivity index (χ3v) is 3.32. The van der Waals surface area contributed by atoms with E-state index in [9.17, 15) is 4.79 Å². The molecule has 0 aromatic carbocycles. The summed E-state index contributed by atoms with van der Waals surface area (Å²) in [6, 6.07) is 0.457. The molecule has 1 fully saturated rings. The molecule has 6 nitrogen and oxygen atoms in total. The summed E-state index contributed by atoms with van der Waals surface area (Å²) in [5.74, 6) is 0.0465. The minimum Gasteiger partial charge on any atom is -0.348 e. The fourth-order valence-electron chi connectivity index (χ4n) is 1.81. The molecule has 1 aromatic heterocycles. The van der Waals surface area contributed by atoms with Crippen molar-refractivity contribution in [1.29, 1.82) is 0 Å². The average Bonchev–Trinajstić information content (AvgIpc) is 2.75. The fraction of sp³-hybridized carbons (Fsp3) is 0.750. The number of hydrogen-bond acceptors (Lipinski definition) is 4. The van der Waals surface area contributed by atoms with E-state index < -0.39 is 0 Å². The van der Waals surface area contributed by atoms with Gasteiger partial charge in [-0.05, 0) is 40.8 Å². The van der Waals surface area contributed by atoms with Gasteiger partial charge in [0.05, 0.1) is 5.54 Å². The number of carbonyl (C=O) groups excluding carboxylic acids is 1. The monoisotopic (exact) mass is 251 g/mol. The van der Waals surface area contributed by atoms with Crippen LogP contribution in [-0.4, -0.2) is 51.8 Å². The first-order valence-electron chi connectivity index (χ1n) is 6.28. The second-order valence-corrected chi connectivity index (χ2v) is 5.82. The number of likely N-dealkylation sites (N-methyl/N-ethyl adjacent to an activating group) is 1. The standard InChI is InChI=1S/C12H21N5O/c1-12(2,3)17-8-14-10(15-17)11(18)13-7-9-5-6-16(9)4/h8-9H,5-7H2,1-4H3,(H,13,18). The van der Waals surface area contributed by atoms with Gasteiger partial charge in [0.1, 0.15) is 6.33 Å². The van der Waals surface area contributed by atoms with E-state index in [0.29, 0.717) is 12.6 Å². The first-order chi connectivity index (χ1) is 8.38. The highest BCUT2D eigenvalue weighted by molar-refractivity contribution is 5.90. The van der Waals surface area contributed by atoms with Crippen molar-refractivity contribution in [2.45, 2.75) is 38.8 Å². The molecule has 1 unspecified atom stereocenters. The largest absolute Gasteiger partial charge is 0.348 e. The Morgan fingerprint density at radius 2 is 2.28 bits per heavy atom. The molecule has 1 aromatic rings. The van der Waals surface area contributed by atoms with Crippen LogP contribution in [0.4, 0.5) is 0 Å². The molecular formula is C12H21N5O. The van der Waals surface area contributed by atoms with Gasteiger partial charge in [-0.2, -0.15) is 0 Å². The molecule has 0 aliphatic carbocycles. The van der Waals surface area contributed by atoms with Crippen LogP contribution in [-0.2, 0) is 5.54 Å². The molecule has 1 atom stereocenters. The van der Waals surface area contributed by atoms with E-state index in [0.717, 1.165) is 13.0 Å². The van der Waals surface area contributed by atoms with Gasteiger partial charge in [0.2, 0.25) is 5.82 Å². The van der Waals surface area contributed by atoms with Crippen LogP contribution in [0.2, 0.25) is 0 Å². The summed E-state index contributed by atoms with van der Waals surface area (Å²) in [4.78, 5) is 18.1. The summed E-state index contributed by atoms with van der Waals surface area (Å²) < 4.78 is 1.71. The molecule has 0 spiro atoms. The van der Waals surface area contributed by atoms with Crippen molar-refractivity contribution >= 4 is 5.91 Å². The molecule has 2 heterocycles. The average molecular weight is 251 g/mol. The van der Waals surface area contributed by atoms with E-state index in [1.54, 1.807) is 11.0 Å². The quantitative estimate of drug-likeness (QED) is 0.848. The van der Waals surface area contributed by atoms with E-state index >= 15 is 0 Å². The smallest absolute Gasteiger partial charge is 0.291 e. The highest BCUT2D eigenvalue weighted by Gasteiger charge is 2.25. The third-order valence-electron chi connectivity index (χ3n) is 3.32. The number of hydrogen-bond donors (Lipinski definition) is 1. The zero-order valence-electron chi connectivity index (χ0n) is 11.5. The Balaban J connectivity index is 1.91. The van der Waals surface area contributed by atoms with Crippen molar-refractivity contribution in [3.05, 3.63) is 12.2 Å². The van der Waals surface area contributed by atoms with Crippen LogP contribution in [0, 0.1) is 0 Å². The minimum absolute atomic E-state index is 0.153. The Bertz CT molecular complexity index is 434. The molecule has 1 saturated heterocycles. The number of amides is 1. The Morgan fingerprint density at radius 3 is 2.72 bits per heavy atom. The predicted molar refractivity (Wildman–Crippen MR) is 68.4 cm³/mol. The molecule has 1 aliphatic rings. The van der Waals surface area contributed by atoms with Gasteiger partial charge in [-0.3, -0.25) is 4.79 Å². The predicted octanol–water partition coefficient (Wildman–Crippen LogP) is 0.467. The van der Waals surface area contributed by atoms with Gasteiger partial charge < -0.3 is 10.2 Å². The third kappa shape index (κ3) is 2.69. The summed E-state index contributed by atoms with van der Waals surface area (Å²) in [6.07, 6.45) is 2.74. The van der Waals surface area contributed by atoms with E-state index in [4.69, 9.17) is 0 Å². The van der Waals surface area contributed by atoms with E-state index in [2.05, 4.69) is 27.3 Å². The lowest BCUT2D eigenvalue weighted by atomic mass is 10.1. The van der Waals surface area contributed by atoms with Crippen LogP contribution in [0.15, 0.2) is 6.33 Å². The van der Waals surface area contributed by atoms with E-state index in [1.165, 1.54) is 0 Å². The fourth-order valence-corrected chi connectivity index (χ4v) is 1.81. The number of likely N-dealkylation sites (tertiary alicyclic amines) is 1. The van der Waals surface area contributed by atoms with Crippen molar-refractivity contribution < 1.29 is 4.79 Å². The zero-order chi connectivity index (χ0) is 13.3. The zero-order valence-corrected chi connectivity index (χ0v) is 11.5. The highest BCUT2D eigenvalue weighted by atomic mass is 16.2. The molecule has 0 saturated carbocycles. The SMILES string of the molecule is CN1CCC1CNC(=O)c1ncn(C(C)(C)C)n1. The maximum Gasteiger partial charge on any atom is 0.291 e. The normalized spacial score (nSPS) is 20.6. The molecule has 1 aliphatic heterocycles. The summed E-state index contributed by atoms with van der Waals surface area (Å²) in [7, 11) is 2.06. The molecule has 0 bridgehead atoms. The summed E-state index contributed by atoms with van der Waals surface area (Å²) in [5, 5.41) is 7.08. The van der Waals surface area contributed by atoms with Crippen LogP contribution in [0.1, 0.15) is 37.8 Å². The van der Waals surface area contributed by atoms with Crippen molar-refractivity contribution in [3.8, 4) is 0 Å². The second-order valence-electron chi connectivity index (χ2n) is 5.82. The maximum atomic E-state index is 11.9. The van der Waals surface area contributed by atoms with Gasteiger partial charge >= 0.3 is 0 Å². The molecule has 1 N–H and O–H groups in total. The topological polar surface area (TPSA) is 63.1 Å². The lowest BCUT2D eigenvalue weighted by molar-refractivity contribution is 0.0874. The maximum absolute atomic E-state index is 11.9. The van der Waals surface area contributed by atoms with Crippen LogP contribution in [0.5, 0.6) is 0 Å². The summed E-state index contributed by atoms with van der Waals surface area (Å²) in [5.41, 5.74) is -0.153.